The van der Waals surface area contributed by atoms with Crippen molar-refractivity contribution >= 4 is 5.97 Å². The maximum Gasteiger partial charge on any atom is 0.332 e. The van der Waals surface area contributed by atoms with Gasteiger partial charge in [-0.25, -0.2) is 4.79 Å². The number of hydrogen-bond acceptors (Lipinski definition) is 12. The standard InChI is InChI=1S/C21H38O13/c1-2-3-4-5-6-7-10(19(29)30)32-21-18(28)16(26)14(24)12(34-21)9-31-20-17(27)15(25)13(23)11(8-22)33-20/h10-18,20-28H,2-9H2,1H3,(H,29,30)/t10-,11?,12?,13-,14-,15-,16-,17?,18?,20+,21+/m0/s1. The third kappa shape index (κ3) is 7.51. The molecule has 13 heteroatoms. The molecule has 2 saturated heterocycles. The molecule has 0 radical (unpaired) electrons. The number of carboxylic acids is 1. The molecule has 0 saturated carbocycles. The zero-order valence-electron chi connectivity index (χ0n) is 19.1. The highest BCUT2D eigenvalue weighted by atomic mass is 16.7. The average molecular weight is 499 g/mol. The van der Waals surface area contributed by atoms with Gasteiger partial charge in [0.1, 0.15) is 48.8 Å². The van der Waals surface area contributed by atoms with Crippen molar-refractivity contribution in [3.8, 4) is 0 Å². The van der Waals surface area contributed by atoms with Crippen molar-refractivity contribution in [3.05, 3.63) is 0 Å². The average Bonchev–Trinajstić information content (AvgIpc) is 2.81. The second-order valence-electron chi connectivity index (χ2n) is 8.71. The van der Waals surface area contributed by atoms with Gasteiger partial charge in [-0.05, 0) is 6.42 Å². The highest BCUT2D eigenvalue weighted by Gasteiger charge is 2.48. The SMILES string of the molecule is CCCCCCC[C@H](O[C@@H]1OC(CO[C@@H]2OC(CO)[C@H](O)[C@H](O)C2O)[C@H](O)[C@H](O)C1O)C(=O)O. The van der Waals surface area contributed by atoms with Crippen LogP contribution in [-0.2, 0) is 23.7 Å². The number of aliphatic hydroxyl groups excluding tert-OH is 7. The first-order chi connectivity index (χ1) is 16.1. The Balaban J connectivity index is 1.97. The van der Waals surface area contributed by atoms with E-state index in [0.29, 0.717) is 6.42 Å². The Kier molecular flexibility index (Phi) is 12.0. The van der Waals surface area contributed by atoms with Gasteiger partial charge in [-0.1, -0.05) is 39.0 Å². The van der Waals surface area contributed by atoms with Gasteiger partial charge in [-0.15, -0.1) is 0 Å². The van der Waals surface area contributed by atoms with Crippen molar-refractivity contribution in [1.82, 2.24) is 0 Å². The fourth-order valence-corrected chi connectivity index (χ4v) is 3.91. The first-order valence-corrected chi connectivity index (χ1v) is 11.6. The van der Waals surface area contributed by atoms with Crippen molar-refractivity contribution in [3.63, 3.8) is 0 Å². The lowest BCUT2D eigenvalue weighted by Gasteiger charge is -2.43. The van der Waals surface area contributed by atoms with Crippen LogP contribution in [0.25, 0.3) is 0 Å². The van der Waals surface area contributed by atoms with Crippen molar-refractivity contribution < 1.29 is 64.6 Å². The Hall–Kier alpha value is -0.970. The van der Waals surface area contributed by atoms with E-state index in [1.165, 1.54) is 0 Å². The Bertz CT molecular complexity index is 605. The highest BCUT2D eigenvalue weighted by molar-refractivity contribution is 5.72. The van der Waals surface area contributed by atoms with Crippen LogP contribution in [0.15, 0.2) is 0 Å². The summed E-state index contributed by atoms with van der Waals surface area (Å²) in [5.74, 6) is -1.26. The van der Waals surface area contributed by atoms with E-state index in [2.05, 4.69) is 6.92 Å². The molecule has 200 valence electrons. The van der Waals surface area contributed by atoms with Crippen LogP contribution in [0.5, 0.6) is 0 Å². The number of ether oxygens (including phenoxy) is 4. The van der Waals surface area contributed by atoms with E-state index in [-0.39, 0.29) is 6.42 Å². The number of hydrogen-bond donors (Lipinski definition) is 8. The monoisotopic (exact) mass is 498 g/mol. The molecular formula is C21H38O13. The van der Waals surface area contributed by atoms with Crippen LogP contribution in [0.2, 0.25) is 0 Å². The summed E-state index contributed by atoms with van der Waals surface area (Å²) in [6.07, 6.45) is -12.5. The van der Waals surface area contributed by atoms with Gasteiger partial charge in [0.05, 0.1) is 13.2 Å². The Morgan fingerprint density at radius 3 is 1.94 bits per heavy atom. The third-order valence-corrected chi connectivity index (χ3v) is 6.09. The fourth-order valence-electron chi connectivity index (χ4n) is 3.91. The number of aliphatic carboxylic acids is 1. The zero-order chi connectivity index (χ0) is 25.4. The highest BCUT2D eigenvalue weighted by Crippen LogP contribution is 2.27. The maximum absolute atomic E-state index is 11.6. The van der Waals surface area contributed by atoms with E-state index in [9.17, 15) is 45.6 Å². The lowest BCUT2D eigenvalue weighted by atomic mass is 9.98. The quantitative estimate of drug-likeness (QED) is 0.123. The molecule has 2 rings (SSSR count). The predicted octanol–water partition coefficient (Wildman–Crippen LogP) is -2.56. The summed E-state index contributed by atoms with van der Waals surface area (Å²) in [5, 5.41) is 79.2. The van der Waals surface area contributed by atoms with E-state index in [1.807, 2.05) is 0 Å². The van der Waals surface area contributed by atoms with Gasteiger partial charge in [0.15, 0.2) is 18.7 Å². The van der Waals surface area contributed by atoms with E-state index in [4.69, 9.17) is 18.9 Å². The summed E-state index contributed by atoms with van der Waals surface area (Å²) < 4.78 is 21.4. The Labute approximate surface area is 197 Å². The van der Waals surface area contributed by atoms with Crippen LogP contribution in [0, 0.1) is 0 Å². The molecule has 13 nitrogen and oxygen atoms in total. The molecule has 2 aliphatic rings. The van der Waals surface area contributed by atoms with Gasteiger partial charge < -0.3 is 59.8 Å². The summed E-state index contributed by atoms with van der Waals surface area (Å²) in [6.45, 7) is 0.869. The molecule has 0 aromatic rings. The molecule has 4 unspecified atom stereocenters. The van der Waals surface area contributed by atoms with E-state index in [0.717, 1.165) is 25.7 Å². The van der Waals surface area contributed by atoms with Gasteiger partial charge in [-0.3, -0.25) is 0 Å². The molecule has 2 heterocycles. The molecule has 0 spiro atoms. The van der Waals surface area contributed by atoms with E-state index >= 15 is 0 Å². The van der Waals surface area contributed by atoms with Crippen molar-refractivity contribution in [2.24, 2.45) is 0 Å². The van der Waals surface area contributed by atoms with Gasteiger partial charge >= 0.3 is 5.97 Å². The Morgan fingerprint density at radius 1 is 0.794 bits per heavy atom. The first kappa shape index (κ1) is 29.3. The molecule has 0 aliphatic carbocycles. The molecule has 0 amide bonds. The largest absolute Gasteiger partial charge is 0.479 e. The van der Waals surface area contributed by atoms with Crippen LogP contribution >= 0.6 is 0 Å². The topological polar surface area (TPSA) is 216 Å². The zero-order valence-corrected chi connectivity index (χ0v) is 19.1. The number of rotatable bonds is 13. The van der Waals surface area contributed by atoms with Crippen LogP contribution < -0.4 is 0 Å². The van der Waals surface area contributed by atoms with Crippen LogP contribution in [0.4, 0.5) is 0 Å². The van der Waals surface area contributed by atoms with Crippen LogP contribution in [-0.4, -0.2) is 128 Å². The molecule has 0 bridgehead atoms. The maximum atomic E-state index is 11.6. The number of aliphatic hydroxyl groups is 7. The molecule has 34 heavy (non-hydrogen) atoms. The van der Waals surface area contributed by atoms with Crippen molar-refractivity contribution in [2.75, 3.05) is 13.2 Å². The molecule has 0 aromatic carbocycles. The number of carboxylic acid groups (broad SMARTS) is 1. The normalized spacial score (nSPS) is 39.6. The molecular weight excluding hydrogens is 460 g/mol. The number of carbonyl (C=O) groups is 1. The van der Waals surface area contributed by atoms with Crippen molar-refractivity contribution in [1.29, 1.82) is 0 Å². The number of unbranched alkanes of at least 4 members (excludes halogenated alkanes) is 4. The van der Waals surface area contributed by atoms with Crippen LogP contribution in [0.3, 0.4) is 0 Å². The van der Waals surface area contributed by atoms with Crippen LogP contribution in [0.1, 0.15) is 45.4 Å². The smallest absolute Gasteiger partial charge is 0.332 e. The Morgan fingerprint density at radius 2 is 1.35 bits per heavy atom. The van der Waals surface area contributed by atoms with Gasteiger partial charge in [-0.2, -0.15) is 0 Å². The lowest BCUT2D eigenvalue weighted by molar-refractivity contribution is -0.335. The minimum Gasteiger partial charge on any atom is -0.479 e. The minimum atomic E-state index is -1.75. The molecule has 0 aromatic heterocycles. The predicted molar refractivity (Wildman–Crippen MR) is 112 cm³/mol. The summed E-state index contributed by atoms with van der Waals surface area (Å²) >= 11 is 0. The summed E-state index contributed by atoms with van der Waals surface area (Å²) in [7, 11) is 0. The summed E-state index contributed by atoms with van der Waals surface area (Å²) in [4.78, 5) is 11.6. The molecule has 11 atom stereocenters. The second-order valence-corrected chi connectivity index (χ2v) is 8.71. The van der Waals surface area contributed by atoms with Gasteiger partial charge in [0.25, 0.3) is 0 Å². The van der Waals surface area contributed by atoms with Crippen molar-refractivity contribution in [2.45, 2.75) is 113 Å². The fraction of sp³-hybridized carbons (Fsp3) is 0.952. The second kappa shape index (κ2) is 13.9. The minimum absolute atomic E-state index is 0.163. The molecule has 2 fully saturated rings. The summed E-state index contributed by atoms with van der Waals surface area (Å²) in [6, 6.07) is 0. The molecule has 2 aliphatic heterocycles. The lowest BCUT2D eigenvalue weighted by Crippen LogP contribution is -2.62. The molecule has 8 N–H and O–H groups in total. The van der Waals surface area contributed by atoms with E-state index < -0.39 is 86.7 Å². The van der Waals surface area contributed by atoms with E-state index in [1.54, 1.807) is 0 Å². The summed E-state index contributed by atoms with van der Waals surface area (Å²) in [5.41, 5.74) is 0. The van der Waals surface area contributed by atoms with Gasteiger partial charge in [0, 0.05) is 0 Å². The van der Waals surface area contributed by atoms with Gasteiger partial charge in [0.2, 0.25) is 0 Å². The first-order valence-electron chi connectivity index (χ1n) is 11.6. The third-order valence-electron chi connectivity index (χ3n) is 6.09.